The molecule has 0 aromatic heterocycles. The molecule has 1 N–H and O–H groups in total. The van der Waals surface area contributed by atoms with Crippen molar-refractivity contribution in [2.75, 3.05) is 0 Å². The highest BCUT2D eigenvalue weighted by Crippen LogP contribution is 2.47. The molecule has 14 heavy (non-hydrogen) atoms. The number of halogens is 1. The van der Waals surface area contributed by atoms with Crippen molar-refractivity contribution in [3.8, 4) is 0 Å². The van der Waals surface area contributed by atoms with Crippen LogP contribution in [0.4, 0.5) is 0 Å². The predicted molar refractivity (Wildman–Crippen MR) is 61.2 cm³/mol. The molecule has 2 unspecified atom stereocenters. The first kappa shape index (κ1) is 10.2. The SMILES string of the molecule is CCC1CC1(O)Cc1cccc(Br)c1. The minimum absolute atomic E-state index is 0.407. The fourth-order valence-electron chi connectivity index (χ4n) is 2.11. The Bertz CT molecular complexity index is 337. The van der Waals surface area contributed by atoms with Gasteiger partial charge in [0.15, 0.2) is 0 Å². The highest BCUT2D eigenvalue weighted by Gasteiger charge is 2.50. The molecular weight excluding hydrogens is 240 g/mol. The standard InChI is InChI=1S/C12H15BrO/c1-2-10-8-12(10,14)7-9-4-3-5-11(13)6-9/h3-6,10,14H,2,7-8H2,1H3. The highest BCUT2D eigenvalue weighted by atomic mass is 79.9. The van der Waals surface area contributed by atoms with Gasteiger partial charge in [-0.25, -0.2) is 0 Å². The van der Waals surface area contributed by atoms with Gasteiger partial charge in [0.1, 0.15) is 0 Å². The smallest absolute Gasteiger partial charge is 0.0720 e. The average molecular weight is 255 g/mol. The summed E-state index contributed by atoms with van der Waals surface area (Å²) >= 11 is 3.44. The molecule has 1 nitrogen and oxygen atoms in total. The lowest BCUT2D eigenvalue weighted by Crippen LogP contribution is -2.14. The van der Waals surface area contributed by atoms with Crippen molar-refractivity contribution in [3.63, 3.8) is 0 Å². The van der Waals surface area contributed by atoms with Gasteiger partial charge in [0.25, 0.3) is 0 Å². The zero-order chi connectivity index (χ0) is 10.2. The molecule has 2 heteroatoms. The van der Waals surface area contributed by atoms with E-state index in [4.69, 9.17) is 0 Å². The Morgan fingerprint density at radius 3 is 2.93 bits per heavy atom. The summed E-state index contributed by atoms with van der Waals surface area (Å²) in [4.78, 5) is 0. The number of hydrogen-bond donors (Lipinski definition) is 1. The Balaban J connectivity index is 2.05. The van der Waals surface area contributed by atoms with Crippen LogP contribution in [-0.4, -0.2) is 10.7 Å². The molecule has 76 valence electrons. The maximum Gasteiger partial charge on any atom is 0.0720 e. The van der Waals surface area contributed by atoms with Crippen LogP contribution in [0.15, 0.2) is 28.7 Å². The maximum atomic E-state index is 10.1. The molecule has 0 amide bonds. The van der Waals surface area contributed by atoms with E-state index in [1.807, 2.05) is 12.1 Å². The van der Waals surface area contributed by atoms with E-state index in [-0.39, 0.29) is 0 Å². The Kier molecular flexibility index (Phi) is 2.67. The quantitative estimate of drug-likeness (QED) is 0.879. The summed E-state index contributed by atoms with van der Waals surface area (Å²) in [6.45, 7) is 2.14. The molecular formula is C12H15BrO. The molecule has 1 aromatic carbocycles. The molecule has 2 atom stereocenters. The second kappa shape index (κ2) is 3.67. The van der Waals surface area contributed by atoms with Crippen LogP contribution in [-0.2, 0) is 6.42 Å². The molecule has 0 aliphatic heterocycles. The van der Waals surface area contributed by atoms with Crippen LogP contribution >= 0.6 is 15.9 Å². The van der Waals surface area contributed by atoms with Crippen molar-refractivity contribution in [3.05, 3.63) is 34.3 Å². The van der Waals surface area contributed by atoms with Crippen LogP contribution in [0.2, 0.25) is 0 Å². The van der Waals surface area contributed by atoms with Gasteiger partial charge in [-0.05, 0) is 30.0 Å². The van der Waals surface area contributed by atoms with Gasteiger partial charge in [-0.2, -0.15) is 0 Å². The Labute approximate surface area is 93.3 Å². The van der Waals surface area contributed by atoms with E-state index in [1.165, 1.54) is 5.56 Å². The first-order chi connectivity index (χ1) is 6.64. The van der Waals surface area contributed by atoms with E-state index in [0.717, 1.165) is 23.7 Å². The van der Waals surface area contributed by atoms with Gasteiger partial charge in [0.05, 0.1) is 5.60 Å². The Morgan fingerprint density at radius 1 is 1.57 bits per heavy atom. The third kappa shape index (κ3) is 2.01. The predicted octanol–water partition coefficient (Wildman–Crippen LogP) is 3.15. The van der Waals surface area contributed by atoms with Crippen LogP contribution in [0.1, 0.15) is 25.3 Å². The summed E-state index contributed by atoms with van der Waals surface area (Å²) in [5.74, 6) is 0.515. The lowest BCUT2D eigenvalue weighted by molar-refractivity contribution is 0.130. The van der Waals surface area contributed by atoms with Crippen molar-refractivity contribution in [1.29, 1.82) is 0 Å². The lowest BCUT2D eigenvalue weighted by Gasteiger charge is -2.09. The van der Waals surface area contributed by atoms with Crippen molar-refractivity contribution >= 4 is 15.9 Å². The molecule has 0 spiro atoms. The van der Waals surface area contributed by atoms with Gasteiger partial charge in [-0.15, -0.1) is 0 Å². The molecule has 0 radical (unpaired) electrons. The number of rotatable bonds is 3. The van der Waals surface area contributed by atoms with Gasteiger partial charge in [-0.1, -0.05) is 41.4 Å². The fourth-order valence-corrected chi connectivity index (χ4v) is 2.56. The normalized spacial score (nSPS) is 30.4. The minimum Gasteiger partial charge on any atom is -0.389 e. The van der Waals surface area contributed by atoms with Crippen molar-refractivity contribution in [2.24, 2.45) is 5.92 Å². The molecule has 1 aliphatic carbocycles. The number of benzene rings is 1. The molecule has 1 aromatic rings. The van der Waals surface area contributed by atoms with Gasteiger partial charge in [0.2, 0.25) is 0 Å². The maximum absolute atomic E-state index is 10.1. The van der Waals surface area contributed by atoms with Crippen molar-refractivity contribution < 1.29 is 5.11 Å². The zero-order valence-corrected chi connectivity index (χ0v) is 9.92. The minimum atomic E-state index is -0.407. The van der Waals surface area contributed by atoms with E-state index in [2.05, 4.69) is 35.0 Å². The third-order valence-electron chi connectivity index (χ3n) is 3.09. The van der Waals surface area contributed by atoms with Gasteiger partial charge < -0.3 is 5.11 Å². The molecule has 0 bridgehead atoms. The van der Waals surface area contributed by atoms with Crippen LogP contribution in [0, 0.1) is 5.92 Å². The fraction of sp³-hybridized carbons (Fsp3) is 0.500. The molecule has 1 saturated carbocycles. The van der Waals surface area contributed by atoms with E-state index in [9.17, 15) is 5.11 Å². The summed E-state index contributed by atoms with van der Waals surface area (Å²) < 4.78 is 1.09. The first-order valence-electron chi connectivity index (χ1n) is 5.11. The zero-order valence-electron chi connectivity index (χ0n) is 8.33. The molecule has 0 saturated heterocycles. The van der Waals surface area contributed by atoms with E-state index < -0.39 is 5.60 Å². The summed E-state index contributed by atoms with van der Waals surface area (Å²) in [5, 5.41) is 10.1. The second-order valence-corrected chi connectivity index (χ2v) is 5.14. The summed E-state index contributed by atoms with van der Waals surface area (Å²) in [6.07, 6.45) is 2.85. The monoisotopic (exact) mass is 254 g/mol. The summed E-state index contributed by atoms with van der Waals surface area (Å²) in [5.41, 5.74) is 0.813. The Hall–Kier alpha value is -0.340. The van der Waals surface area contributed by atoms with Gasteiger partial charge >= 0.3 is 0 Å². The second-order valence-electron chi connectivity index (χ2n) is 4.22. The number of hydrogen-bond acceptors (Lipinski definition) is 1. The lowest BCUT2D eigenvalue weighted by atomic mass is 10.0. The van der Waals surface area contributed by atoms with E-state index in [0.29, 0.717) is 5.92 Å². The van der Waals surface area contributed by atoms with Crippen LogP contribution in [0.25, 0.3) is 0 Å². The summed E-state index contributed by atoms with van der Waals surface area (Å²) in [7, 11) is 0. The topological polar surface area (TPSA) is 20.2 Å². The molecule has 0 heterocycles. The highest BCUT2D eigenvalue weighted by molar-refractivity contribution is 9.10. The van der Waals surface area contributed by atoms with Crippen molar-refractivity contribution in [1.82, 2.24) is 0 Å². The third-order valence-corrected chi connectivity index (χ3v) is 3.58. The number of aliphatic hydroxyl groups is 1. The van der Waals surface area contributed by atoms with Gasteiger partial charge in [-0.3, -0.25) is 0 Å². The molecule has 1 aliphatic rings. The molecule has 1 fully saturated rings. The van der Waals surface area contributed by atoms with Crippen LogP contribution in [0.5, 0.6) is 0 Å². The van der Waals surface area contributed by atoms with Crippen LogP contribution < -0.4 is 0 Å². The van der Waals surface area contributed by atoms with Crippen molar-refractivity contribution in [2.45, 2.75) is 31.8 Å². The van der Waals surface area contributed by atoms with Crippen LogP contribution in [0.3, 0.4) is 0 Å². The first-order valence-corrected chi connectivity index (χ1v) is 5.90. The average Bonchev–Trinajstić information content (AvgIpc) is 2.76. The van der Waals surface area contributed by atoms with Gasteiger partial charge in [0, 0.05) is 10.9 Å². The van der Waals surface area contributed by atoms with E-state index in [1.54, 1.807) is 0 Å². The largest absolute Gasteiger partial charge is 0.389 e. The molecule has 2 rings (SSSR count). The summed E-state index contributed by atoms with van der Waals surface area (Å²) in [6, 6.07) is 8.20. The van der Waals surface area contributed by atoms with E-state index >= 15 is 0 Å². The Morgan fingerprint density at radius 2 is 2.36 bits per heavy atom.